The normalized spacial score (nSPS) is 11.8. The van der Waals surface area contributed by atoms with E-state index in [9.17, 15) is 9.18 Å². The second kappa shape index (κ2) is 7.44. The maximum absolute atomic E-state index is 13.2. The van der Waals surface area contributed by atoms with E-state index in [0.717, 1.165) is 22.0 Å². The van der Waals surface area contributed by atoms with Gasteiger partial charge in [0.1, 0.15) is 11.9 Å². The summed E-state index contributed by atoms with van der Waals surface area (Å²) in [7, 11) is 0. The molecular weight excluding hydrogens is 337 g/mol. The van der Waals surface area contributed by atoms with Gasteiger partial charge in [-0.15, -0.1) is 11.3 Å². The SMILES string of the molecule is Cc1nc(-c2ccc(NC(C)C(=O)Nc3cccc(F)c3)cc2)cs1. The number of rotatable bonds is 5. The van der Waals surface area contributed by atoms with E-state index in [2.05, 4.69) is 15.6 Å². The quantitative estimate of drug-likeness (QED) is 0.698. The van der Waals surface area contributed by atoms with Gasteiger partial charge in [0.25, 0.3) is 0 Å². The molecule has 1 amide bonds. The monoisotopic (exact) mass is 355 g/mol. The number of carbonyl (C=O) groups is 1. The maximum Gasteiger partial charge on any atom is 0.246 e. The van der Waals surface area contributed by atoms with E-state index in [1.165, 1.54) is 12.1 Å². The Morgan fingerprint density at radius 3 is 2.56 bits per heavy atom. The molecule has 0 bridgehead atoms. The van der Waals surface area contributed by atoms with Crippen molar-refractivity contribution in [2.24, 2.45) is 0 Å². The molecule has 0 fully saturated rings. The first-order chi connectivity index (χ1) is 12.0. The number of amides is 1. The third-order valence-corrected chi connectivity index (χ3v) is 4.44. The van der Waals surface area contributed by atoms with E-state index < -0.39 is 6.04 Å². The zero-order valence-electron chi connectivity index (χ0n) is 13.9. The lowest BCUT2D eigenvalue weighted by Crippen LogP contribution is -2.31. The van der Waals surface area contributed by atoms with Crippen molar-refractivity contribution in [3.05, 3.63) is 64.7 Å². The molecular formula is C19H18FN3OS. The van der Waals surface area contributed by atoms with Gasteiger partial charge in [0.2, 0.25) is 5.91 Å². The molecule has 1 aromatic heterocycles. The molecule has 128 valence electrons. The van der Waals surface area contributed by atoms with E-state index in [0.29, 0.717) is 5.69 Å². The molecule has 2 N–H and O–H groups in total. The standard InChI is InChI=1S/C19H18FN3OS/c1-12(19(24)23-17-5-3-4-15(20)10-17)21-16-8-6-14(7-9-16)18-11-25-13(2)22-18/h3-12,21H,1-2H3,(H,23,24). The molecule has 1 atom stereocenters. The fourth-order valence-corrected chi connectivity index (χ4v) is 2.99. The minimum absolute atomic E-state index is 0.232. The molecule has 0 aliphatic rings. The van der Waals surface area contributed by atoms with Gasteiger partial charge in [-0.3, -0.25) is 4.79 Å². The van der Waals surface area contributed by atoms with Crippen molar-refractivity contribution in [2.45, 2.75) is 19.9 Å². The van der Waals surface area contributed by atoms with E-state index >= 15 is 0 Å². The Kier molecular flexibility index (Phi) is 5.09. The number of nitrogens with one attached hydrogen (secondary N) is 2. The van der Waals surface area contributed by atoms with E-state index in [1.807, 2.05) is 36.6 Å². The Hall–Kier alpha value is -2.73. The Bertz CT molecular complexity index is 876. The van der Waals surface area contributed by atoms with Gasteiger partial charge in [-0.25, -0.2) is 9.37 Å². The van der Waals surface area contributed by atoms with E-state index in [1.54, 1.807) is 30.4 Å². The number of hydrogen-bond acceptors (Lipinski definition) is 4. The second-order valence-electron chi connectivity index (χ2n) is 5.69. The highest BCUT2D eigenvalue weighted by molar-refractivity contribution is 7.09. The fourth-order valence-electron chi connectivity index (χ4n) is 2.37. The van der Waals surface area contributed by atoms with Crippen LogP contribution >= 0.6 is 11.3 Å². The van der Waals surface area contributed by atoms with Gasteiger partial charge in [0, 0.05) is 22.3 Å². The van der Waals surface area contributed by atoms with Crippen LogP contribution in [0.15, 0.2) is 53.9 Å². The molecule has 3 rings (SSSR count). The number of anilines is 2. The van der Waals surface area contributed by atoms with Crippen LogP contribution in [0.3, 0.4) is 0 Å². The summed E-state index contributed by atoms with van der Waals surface area (Å²) in [6, 6.07) is 13.1. The Morgan fingerprint density at radius 2 is 1.92 bits per heavy atom. The van der Waals surface area contributed by atoms with Crippen LogP contribution in [0, 0.1) is 12.7 Å². The summed E-state index contributed by atoms with van der Waals surface area (Å²) < 4.78 is 13.2. The molecule has 1 unspecified atom stereocenters. The smallest absolute Gasteiger partial charge is 0.246 e. The molecule has 1 heterocycles. The summed E-state index contributed by atoms with van der Waals surface area (Å²) in [5.74, 6) is -0.615. The zero-order chi connectivity index (χ0) is 17.8. The number of hydrogen-bond donors (Lipinski definition) is 2. The Labute approximate surface area is 149 Å². The lowest BCUT2D eigenvalue weighted by Gasteiger charge is -2.15. The summed E-state index contributed by atoms with van der Waals surface area (Å²) in [6.07, 6.45) is 0. The molecule has 0 saturated heterocycles. The van der Waals surface area contributed by atoms with Crippen LogP contribution in [-0.2, 0) is 4.79 Å². The highest BCUT2D eigenvalue weighted by atomic mass is 32.1. The average molecular weight is 355 g/mol. The molecule has 0 radical (unpaired) electrons. The van der Waals surface area contributed by atoms with E-state index in [4.69, 9.17) is 0 Å². The number of thiazole rings is 1. The van der Waals surface area contributed by atoms with Crippen LogP contribution in [0.25, 0.3) is 11.3 Å². The van der Waals surface area contributed by atoms with Gasteiger partial charge >= 0.3 is 0 Å². The minimum Gasteiger partial charge on any atom is -0.374 e. The second-order valence-corrected chi connectivity index (χ2v) is 6.76. The van der Waals surface area contributed by atoms with Crippen molar-refractivity contribution in [3.63, 3.8) is 0 Å². The van der Waals surface area contributed by atoms with Crippen molar-refractivity contribution in [2.75, 3.05) is 10.6 Å². The van der Waals surface area contributed by atoms with Gasteiger partial charge in [-0.2, -0.15) is 0 Å². The number of aromatic nitrogens is 1. The van der Waals surface area contributed by atoms with Gasteiger partial charge in [-0.1, -0.05) is 18.2 Å². The van der Waals surface area contributed by atoms with Crippen LogP contribution in [0.5, 0.6) is 0 Å². The molecule has 4 nitrogen and oxygen atoms in total. The lowest BCUT2D eigenvalue weighted by atomic mass is 10.1. The number of nitrogens with zero attached hydrogens (tertiary/aromatic N) is 1. The highest BCUT2D eigenvalue weighted by Gasteiger charge is 2.13. The number of halogens is 1. The first-order valence-electron chi connectivity index (χ1n) is 7.87. The molecule has 0 saturated carbocycles. The molecule has 3 aromatic rings. The number of carbonyl (C=O) groups excluding carboxylic acids is 1. The number of benzene rings is 2. The van der Waals surface area contributed by atoms with Crippen LogP contribution in [0.4, 0.5) is 15.8 Å². The van der Waals surface area contributed by atoms with Crippen molar-refractivity contribution in [3.8, 4) is 11.3 Å². The van der Waals surface area contributed by atoms with Gasteiger partial charge in [-0.05, 0) is 44.2 Å². The van der Waals surface area contributed by atoms with Crippen molar-refractivity contribution >= 4 is 28.6 Å². The highest BCUT2D eigenvalue weighted by Crippen LogP contribution is 2.23. The minimum atomic E-state index is -0.462. The summed E-state index contributed by atoms with van der Waals surface area (Å²) in [5.41, 5.74) is 3.25. The van der Waals surface area contributed by atoms with Crippen LogP contribution in [-0.4, -0.2) is 16.9 Å². The van der Waals surface area contributed by atoms with Crippen molar-refractivity contribution < 1.29 is 9.18 Å². The Morgan fingerprint density at radius 1 is 1.16 bits per heavy atom. The van der Waals surface area contributed by atoms with Crippen molar-refractivity contribution in [1.82, 2.24) is 4.98 Å². The Balaban J connectivity index is 1.62. The summed E-state index contributed by atoms with van der Waals surface area (Å²) in [6.45, 7) is 3.73. The maximum atomic E-state index is 13.2. The van der Waals surface area contributed by atoms with Gasteiger partial charge in [0.15, 0.2) is 0 Å². The molecule has 6 heteroatoms. The average Bonchev–Trinajstić information content (AvgIpc) is 3.02. The third kappa shape index (κ3) is 4.42. The first-order valence-corrected chi connectivity index (χ1v) is 8.75. The molecule has 25 heavy (non-hydrogen) atoms. The van der Waals surface area contributed by atoms with Gasteiger partial charge in [0.05, 0.1) is 10.7 Å². The van der Waals surface area contributed by atoms with Crippen LogP contribution in [0.2, 0.25) is 0 Å². The largest absolute Gasteiger partial charge is 0.374 e. The molecule has 0 aliphatic heterocycles. The van der Waals surface area contributed by atoms with Crippen LogP contribution in [0.1, 0.15) is 11.9 Å². The molecule has 0 spiro atoms. The summed E-state index contributed by atoms with van der Waals surface area (Å²) >= 11 is 1.61. The predicted molar refractivity (Wildman–Crippen MR) is 100 cm³/mol. The number of aryl methyl sites for hydroxylation is 1. The predicted octanol–water partition coefficient (Wildman–Crippen LogP) is 4.70. The fraction of sp³-hybridized carbons (Fsp3) is 0.158. The van der Waals surface area contributed by atoms with Crippen molar-refractivity contribution in [1.29, 1.82) is 0 Å². The zero-order valence-corrected chi connectivity index (χ0v) is 14.7. The topological polar surface area (TPSA) is 54.0 Å². The first kappa shape index (κ1) is 17.1. The molecule has 2 aromatic carbocycles. The molecule has 0 aliphatic carbocycles. The third-order valence-electron chi connectivity index (χ3n) is 3.67. The van der Waals surface area contributed by atoms with Crippen LogP contribution < -0.4 is 10.6 Å². The lowest BCUT2D eigenvalue weighted by molar-refractivity contribution is -0.116. The van der Waals surface area contributed by atoms with Gasteiger partial charge < -0.3 is 10.6 Å². The summed E-state index contributed by atoms with van der Waals surface area (Å²) in [5, 5.41) is 8.88. The summed E-state index contributed by atoms with van der Waals surface area (Å²) in [4.78, 5) is 16.7. The van der Waals surface area contributed by atoms with E-state index in [-0.39, 0.29) is 11.7 Å².